The van der Waals surface area contributed by atoms with Gasteiger partial charge >= 0.3 is 0 Å². The van der Waals surface area contributed by atoms with Gasteiger partial charge in [0.15, 0.2) is 5.78 Å². The number of carbonyl (C=O) groups is 1. The molecule has 0 saturated heterocycles. The van der Waals surface area contributed by atoms with E-state index in [0.717, 1.165) is 24.9 Å². The van der Waals surface area contributed by atoms with Crippen LogP contribution in [0, 0.1) is 5.82 Å². The predicted molar refractivity (Wildman–Crippen MR) is 112 cm³/mol. The quantitative estimate of drug-likeness (QED) is 0.749. The van der Waals surface area contributed by atoms with Crippen molar-refractivity contribution in [2.75, 3.05) is 32.3 Å². The summed E-state index contributed by atoms with van der Waals surface area (Å²) >= 11 is 0. The maximum Gasteiger partial charge on any atom is 0.176 e. The summed E-state index contributed by atoms with van der Waals surface area (Å²) < 4.78 is 20.0. The zero-order valence-corrected chi connectivity index (χ0v) is 17.1. The van der Waals surface area contributed by atoms with Gasteiger partial charge in [0.05, 0.1) is 5.41 Å². The molecule has 0 aliphatic carbocycles. The normalized spacial score (nSPS) is 22.7. The van der Waals surface area contributed by atoms with Crippen molar-refractivity contribution in [1.82, 2.24) is 4.90 Å². The molecule has 6 heteroatoms. The van der Waals surface area contributed by atoms with Crippen molar-refractivity contribution in [2.24, 2.45) is 5.10 Å². The largest absolute Gasteiger partial charge is 0.489 e. The van der Waals surface area contributed by atoms with Crippen molar-refractivity contribution in [2.45, 2.75) is 31.2 Å². The van der Waals surface area contributed by atoms with Gasteiger partial charge in [0, 0.05) is 13.0 Å². The topological polar surface area (TPSA) is 45.1 Å². The van der Waals surface area contributed by atoms with Crippen molar-refractivity contribution in [3.8, 4) is 5.75 Å². The number of fused-ring (bicyclic) bond motifs is 3. The average molecular weight is 395 g/mol. The lowest BCUT2D eigenvalue weighted by molar-refractivity contribution is -0.111. The summed E-state index contributed by atoms with van der Waals surface area (Å²) in [6, 6.07) is 14.3. The molecule has 0 aromatic heterocycles. The van der Waals surface area contributed by atoms with Crippen LogP contribution >= 0.6 is 0 Å². The summed E-state index contributed by atoms with van der Waals surface area (Å²) in [5, 5.41) is 6.57. The van der Waals surface area contributed by atoms with Gasteiger partial charge in [-0.15, -0.1) is 0 Å². The van der Waals surface area contributed by atoms with E-state index >= 15 is 0 Å². The smallest absolute Gasteiger partial charge is 0.176 e. The molecule has 0 amide bonds. The molecule has 0 radical (unpaired) electrons. The van der Waals surface area contributed by atoms with Crippen LogP contribution in [0.25, 0.3) is 0 Å². The number of ketones is 1. The number of carbonyl (C=O) groups excluding carboxylic acids is 1. The van der Waals surface area contributed by atoms with E-state index in [0.29, 0.717) is 23.8 Å². The summed E-state index contributed by atoms with van der Waals surface area (Å²) in [4.78, 5) is 14.9. The number of hydrogen-bond donors (Lipinski definition) is 0. The van der Waals surface area contributed by atoms with E-state index in [2.05, 4.69) is 17.0 Å². The molecule has 0 fully saturated rings. The number of nitrogens with zero attached hydrogens (tertiary/aromatic N) is 3. The number of hydrazone groups is 1. The summed E-state index contributed by atoms with van der Waals surface area (Å²) in [7, 11) is 4.08. The molecule has 4 rings (SSSR count). The van der Waals surface area contributed by atoms with Crippen molar-refractivity contribution >= 4 is 17.2 Å². The summed E-state index contributed by atoms with van der Waals surface area (Å²) in [5.74, 6) is 0.176. The third-order valence-corrected chi connectivity index (χ3v) is 5.86. The van der Waals surface area contributed by atoms with Crippen molar-refractivity contribution in [3.63, 3.8) is 0 Å². The zero-order chi connectivity index (χ0) is 20.6. The van der Waals surface area contributed by atoms with Gasteiger partial charge < -0.3 is 9.64 Å². The highest BCUT2D eigenvalue weighted by atomic mass is 19.1. The van der Waals surface area contributed by atoms with Crippen LogP contribution in [0.4, 0.5) is 10.1 Å². The van der Waals surface area contributed by atoms with E-state index in [1.165, 1.54) is 12.1 Å². The monoisotopic (exact) mass is 395 g/mol. The first-order chi connectivity index (χ1) is 13.9. The van der Waals surface area contributed by atoms with Crippen LogP contribution in [-0.2, 0) is 10.2 Å². The van der Waals surface area contributed by atoms with Crippen LogP contribution in [0.3, 0.4) is 0 Å². The van der Waals surface area contributed by atoms with Crippen molar-refractivity contribution in [1.29, 1.82) is 0 Å². The highest BCUT2D eigenvalue weighted by Gasteiger charge is 2.55. The Hall–Kier alpha value is -2.73. The molecule has 5 nitrogen and oxygen atoms in total. The van der Waals surface area contributed by atoms with Gasteiger partial charge in [-0.1, -0.05) is 30.3 Å². The molecule has 0 bridgehead atoms. The SMILES string of the molecule is CC(=O)C1=NN2c3cc(F)ccc3OCC2[C@@]1(CCCN(C)C)c1ccccc1. The van der Waals surface area contributed by atoms with Gasteiger partial charge in [-0.25, -0.2) is 4.39 Å². The lowest BCUT2D eigenvalue weighted by Crippen LogP contribution is -2.53. The molecule has 1 unspecified atom stereocenters. The Morgan fingerprint density at radius 3 is 2.72 bits per heavy atom. The second-order valence-electron chi connectivity index (χ2n) is 8.03. The third kappa shape index (κ3) is 3.31. The Morgan fingerprint density at radius 1 is 1.28 bits per heavy atom. The highest BCUT2D eigenvalue weighted by molar-refractivity contribution is 6.43. The first-order valence-corrected chi connectivity index (χ1v) is 9.95. The van der Waals surface area contributed by atoms with E-state index in [4.69, 9.17) is 9.84 Å². The Kier molecular flexibility index (Phi) is 5.13. The molecule has 0 spiro atoms. The minimum Gasteiger partial charge on any atom is -0.489 e. The van der Waals surface area contributed by atoms with Crippen LogP contribution in [0.2, 0.25) is 0 Å². The van der Waals surface area contributed by atoms with Gasteiger partial charge in [0.25, 0.3) is 0 Å². The molecule has 0 saturated carbocycles. The molecular formula is C23H26FN3O2. The van der Waals surface area contributed by atoms with Crippen LogP contribution in [0.5, 0.6) is 5.75 Å². The Bertz CT molecular complexity index is 944. The fourth-order valence-electron chi connectivity index (χ4n) is 4.58. The zero-order valence-electron chi connectivity index (χ0n) is 17.1. The fourth-order valence-corrected chi connectivity index (χ4v) is 4.58. The molecule has 2 aromatic carbocycles. The number of hydrogen-bond acceptors (Lipinski definition) is 5. The molecule has 2 heterocycles. The second-order valence-corrected chi connectivity index (χ2v) is 8.03. The fraction of sp³-hybridized carbons (Fsp3) is 0.391. The Labute approximate surface area is 170 Å². The number of halogens is 1. The molecular weight excluding hydrogens is 369 g/mol. The second kappa shape index (κ2) is 7.59. The lowest BCUT2D eigenvalue weighted by Gasteiger charge is -2.41. The van der Waals surface area contributed by atoms with Crippen LogP contribution in [0.15, 0.2) is 53.6 Å². The number of benzene rings is 2. The summed E-state index contributed by atoms with van der Waals surface area (Å²) in [5.41, 5.74) is 1.54. The molecule has 0 N–H and O–H groups in total. The Balaban J connectivity index is 1.85. The van der Waals surface area contributed by atoms with Gasteiger partial charge in [-0.2, -0.15) is 5.10 Å². The molecule has 2 aliphatic heterocycles. The first-order valence-electron chi connectivity index (χ1n) is 9.95. The standard InChI is InChI=1S/C23H26FN3O2/c1-16(28)22-23(12-7-13-26(2)3,17-8-5-4-6-9-17)21-15-29-20-11-10-18(24)14-19(20)27(21)25-22/h4-6,8-11,14,21H,7,12-13,15H2,1-3H3/t21?,23-/m1/s1. The molecule has 2 atom stereocenters. The van der Waals surface area contributed by atoms with Crippen LogP contribution < -0.4 is 9.75 Å². The number of rotatable bonds is 6. The first kappa shape index (κ1) is 19.6. The minimum absolute atomic E-state index is 0.0638. The van der Waals surface area contributed by atoms with E-state index in [1.54, 1.807) is 18.0 Å². The van der Waals surface area contributed by atoms with E-state index in [9.17, 15) is 9.18 Å². The maximum atomic E-state index is 14.0. The van der Waals surface area contributed by atoms with Crippen molar-refractivity contribution in [3.05, 3.63) is 59.9 Å². The Morgan fingerprint density at radius 2 is 2.03 bits per heavy atom. The summed E-state index contributed by atoms with van der Waals surface area (Å²) in [6.07, 6.45) is 1.65. The molecule has 29 heavy (non-hydrogen) atoms. The number of Topliss-reactive ketones (excluding diaryl/α,β-unsaturated/α-hetero) is 1. The van der Waals surface area contributed by atoms with E-state index in [1.807, 2.05) is 32.3 Å². The maximum absolute atomic E-state index is 14.0. The third-order valence-electron chi connectivity index (χ3n) is 5.86. The number of anilines is 1. The molecule has 2 aliphatic rings. The van der Waals surface area contributed by atoms with Gasteiger partial charge in [0.2, 0.25) is 0 Å². The number of ether oxygens (including phenoxy) is 1. The van der Waals surface area contributed by atoms with Crippen LogP contribution in [0.1, 0.15) is 25.3 Å². The van der Waals surface area contributed by atoms with Gasteiger partial charge in [-0.3, -0.25) is 9.80 Å². The highest BCUT2D eigenvalue weighted by Crippen LogP contribution is 2.48. The van der Waals surface area contributed by atoms with Gasteiger partial charge in [-0.05, 0) is 51.2 Å². The van der Waals surface area contributed by atoms with Gasteiger partial charge in [0.1, 0.15) is 35.6 Å². The molecule has 152 valence electrons. The van der Waals surface area contributed by atoms with E-state index in [-0.39, 0.29) is 17.6 Å². The van der Waals surface area contributed by atoms with Crippen molar-refractivity contribution < 1.29 is 13.9 Å². The average Bonchev–Trinajstić information content (AvgIpc) is 3.04. The summed E-state index contributed by atoms with van der Waals surface area (Å²) in [6.45, 7) is 2.85. The van der Waals surface area contributed by atoms with Crippen LogP contribution in [-0.4, -0.2) is 49.7 Å². The minimum atomic E-state index is -0.604. The lowest BCUT2D eigenvalue weighted by atomic mass is 9.67. The predicted octanol–water partition coefficient (Wildman–Crippen LogP) is 3.63. The van der Waals surface area contributed by atoms with E-state index < -0.39 is 5.41 Å². The molecule has 2 aromatic rings.